The number of nitrogens with zero attached hydrogens (tertiary/aromatic N) is 2. The van der Waals surface area contributed by atoms with Crippen molar-refractivity contribution >= 4 is 5.97 Å². The Kier molecular flexibility index (Phi) is 2.74. The number of likely N-dealkylation sites (tertiary alicyclic amines) is 2. The zero-order valence-electron chi connectivity index (χ0n) is 8.65. The molecule has 1 unspecified atom stereocenters. The first-order chi connectivity index (χ1) is 6.65. The average molecular weight is 198 g/mol. The number of rotatable bonds is 3. The summed E-state index contributed by atoms with van der Waals surface area (Å²) < 4.78 is 0. The summed E-state index contributed by atoms with van der Waals surface area (Å²) in [7, 11) is 2.15. The molecule has 0 bridgehead atoms. The number of aliphatic carboxylic acids is 1. The van der Waals surface area contributed by atoms with E-state index in [1.807, 2.05) is 0 Å². The predicted molar refractivity (Wildman–Crippen MR) is 53.2 cm³/mol. The first-order valence-corrected chi connectivity index (χ1v) is 5.29. The van der Waals surface area contributed by atoms with Crippen LogP contribution >= 0.6 is 0 Å². The Labute approximate surface area is 84.5 Å². The second kappa shape index (κ2) is 3.87. The standard InChI is InChI=1S/C10H18N2O2/c1-11-3-2-9(7-11)12-5-8(6-12)4-10(13)14/h8-9H,2-7H2,1H3,(H,13,14). The molecule has 0 aromatic rings. The third-order valence-electron chi connectivity index (χ3n) is 3.33. The van der Waals surface area contributed by atoms with Gasteiger partial charge in [-0.15, -0.1) is 0 Å². The third kappa shape index (κ3) is 2.07. The Morgan fingerprint density at radius 1 is 1.43 bits per heavy atom. The monoisotopic (exact) mass is 198 g/mol. The van der Waals surface area contributed by atoms with E-state index in [-0.39, 0.29) is 0 Å². The van der Waals surface area contributed by atoms with Gasteiger partial charge in [0.1, 0.15) is 0 Å². The molecule has 2 fully saturated rings. The molecular weight excluding hydrogens is 180 g/mol. The minimum atomic E-state index is -0.654. The topological polar surface area (TPSA) is 43.8 Å². The van der Waals surface area contributed by atoms with E-state index < -0.39 is 5.97 Å². The van der Waals surface area contributed by atoms with Crippen molar-refractivity contribution in [1.29, 1.82) is 0 Å². The Hall–Kier alpha value is -0.610. The van der Waals surface area contributed by atoms with Crippen LogP contribution in [0.4, 0.5) is 0 Å². The molecule has 0 radical (unpaired) electrons. The second-order valence-electron chi connectivity index (χ2n) is 4.62. The van der Waals surface area contributed by atoms with Crippen LogP contribution in [0.25, 0.3) is 0 Å². The summed E-state index contributed by atoms with van der Waals surface area (Å²) in [5.74, 6) is -0.253. The highest BCUT2D eigenvalue weighted by Crippen LogP contribution is 2.25. The van der Waals surface area contributed by atoms with Gasteiger partial charge in [-0.05, 0) is 25.9 Å². The number of carboxylic acids is 1. The number of carboxylic acid groups (broad SMARTS) is 1. The molecular formula is C10H18N2O2. The quantitative estimate of drug-likeness (QED) is 0.698. The van der Waals surface area contributed by atoms with Crippen LogP contribution in [-0.2, 0) is 4.79 Å². The molecule has 14 heavy (non-hydrogen) atoms. The van der Waals surface area contributed by atoms with Gasteiger partial charge in [0.25, 0.3) is 0 Å². The van der Waals surface area contributed by atoms with Crippen molar-refractivity contribution in [3.05, 3.63) is 0 Å². The van der Waals surface area contributed by atoms with Crippen LogP contribution in [0.15, 0.2) is 0 Å². The SMILES string of the molecule is CN1CCC(N2CC(CC(=O)O)C2)C1. The van der Waals surface area contributed by atoms with Gasteiger partial charge in [0, 0.05) is 25.7 Å². The number of likely N-dealkylation sites (N-methyl/N-ethyl adjacent to an activating group) is 1. The molecule has 1 atom stereocenters. The summed E-state index contributed by atoms with van der Waals surface area (Å²) in [6.07, 6.45) is 1.59. The van der Waals surface area contributed by atoms with Crippen molar-refractivity contribution in [3.63, 3.8) is 0 Å². The first kappa shape index (κ1) is 9.93. The van der Waals surface area contributed by atoms with Crippen molar-refractivity contribution < 1.29 is 9.90 Å². The van der Waals surface area contributed by atoms with Crippen LogP contribution in [0.5, 0.6) is 0 Å². The Morgan fingerprint density at radius 2 is 2.14 bits per heavy atom. The molecule has 80 valence electrons. The maximum Gasteiger partial charge on any atom is 0.303 e. The van der Waals surface area contributed by atoms with Crippen molar-refractivity contribution in [1.82, 2.24) is 9.80 Å². The van der Waals surface area contributed by atoms with Gasteiger partial charge < -0.3 is 10.0 Å². The molecule has 1 N–H and O–H groups in total. The van der Waals surface area contributed by atoms with Crippen LogP contribution < -0.4 is 0 Å². The Balaban J connectivity index is 1.70. The molecule has 0 saturated carbocycles. The number of hydrogen-bond acceptors (Lipinski definition) is 3. The summed E-state index contributed by atoms with van der Waals surface area (Å²) in [6, 6.07) is 0.685. The Bertz CT molecular complexity index is 226. The molecule has 0 amide bonds. The summed E-state index contributed by atoms with van der Waals surface area (Å²) in [6.45, 7) is 4.32. The van der Waals surface area contributed by atoms with Gasteiger partial charge in [-0.2, -0.15) is 0 Å². The van der Waals surface area contributed by atoms with E-state index in [1.165, 1.54) is 13.0 Å². The lowest BCUT2D eigenvalue weighted by atomic mass is 9.94. The smallest absolute Gasteiger partial charge is 0.303 e. The summed E-state index contributed by atoms with van der Waals surface area (Å²) in [5.41, 5.74) is 0. The van der Waals surface area contributed by atoms with Gasteiger partial charge in [0.2, 0.25) is 0 Å². The molecule has 2 aliphatic heterocycles. The molecule has 2 aliphatic rings. The molecule has 0 spiro atoms. The molecule has 2 saturated heterocycles. The highest BCUT2D eigenvalue weighted by atomic mass is 16.4. The minimum Gasteiger partial charge on any atom is -0.481 e. The van der Waals surface area contributed by atoms with Crippen LogP contribution in [0.2, 0.25) is 0 Å². The van der Waals surface area contributed by atoms with E-state index in [0.717, 1.165) is 19.6 Å². The largest absolute Gasteiger partial charge is 0.481 e. The van der Waals surface area contributed by atoms with Gasteiger partial charge >= 0.3 is 5.97 Å². The van der Waals surface area contributed by atoms with Gasteiger partial charge in [-0.25, -0.2) is 0 Å². The van der Waals surface area contributed by atoms with Gasteiger partial charge in [-0.1, -0.05) is 0 Å². The Morgan fingerprint density at radius 3 is 2.64 bits per heavy atom. The highest BCUT2D eigenvalue weighted by Gasteiger charge is 2.35. The fourth-order valence-corrected chi connectivity index (χ4v) is 2.49. The molecule has 4 heteroatoms. The summed E-state index contributed by atoms with van der Waals surface area (Å²) in [4.78, 5) is 15.2. The van der Waals surface area contributed by atoms with Gasteiger partial charge in [0.05, 0.1) is 6.42 Å². The predicted octanol–water partition coefficient (Wildman–Crippen LogP) is 0.0970. The lowest BCUT2D eigenvalue weighted by Gasteiger charge is -2.42. The van der Waals surface area contributed by atoms with E-state index in [1.54, 1.807) is 0 Å². The maximum absolute atomic E-state index is 10.5. The minimum absolute atomic E-state index is 0.346. The normalized spacial score (nSPS) is 30.5. The summed E-state index contributed by atoms with van der Waals surface area (Å²) in [5, 5.41) is 8.62. The van der Waals surface area contributed by atoms with Crippen molar-refractivity contribution in [2.45, 2.75) is 18.9 Å². The van der Waals surface area contributed by atoms with E-state index in [9.17, 15) is 4.79 Å². The van der Waals surface area contributed by atoms with Crippen molar-refractivity contribution in [2.24, 2.45) is 5.92 Å². The van der Waals surface area contributed by atoms with Crippen LogP contribution in [0.3, 0.4) is 0 Å². The average Bonchev–Trinajstić information content (AvgIpc) is 2.42. The fourth-order valence-electron chi connectivity index (χ4n) is 2.49. The molecule has 0 aromatic heterocycles. The highest BCUT2D eigenvalue weighted by molar-refractivity contribution is 5.67. The zero-order chi connectivity index (χ0) is 10.1. The van der Waals surface area contributed by atoms with E-state index in [0.29, 0.717) is 18.4 Å². The maximum atomic E-state index is 10.5. The van der Waals surface area contributed by atoms with Crippen LogP contribution in [0, 0.1) is 5.92 Å². The molecule has 0 aromatic carbocycles. The first-order valence-electron chi connectivity index (χ1n) is 5.29. The zero-order valence-corrected chi connectivity index (χ0v) is 8.65. The second-order valence-corrected chi connectivity index (χ2v) is 4.62. The lowest BCUT2D eigenvalue weighted by Crippen LogP contribution is -2.53. The molecule has 0 aliphatic carbocycles. The molecule has 4 nitrogen and oxygen atoms in total. The van der Waals surface area contributed by atoms with Crippen molar-refractivity contribution in [2.75, 3.05) is 33.2 Å². The fraction of sp³-hybridized carbons (Fsp3) is 0.900. The third-order valence-corrected chi connectivity index (χ3v) is 3.33. The molecule has 2 heterocycles. The van der Waals surface area contributed by atoms with E-state index >= 15 is 0 Å². The number of hydrogen-bond donors (Lipinski definition) is 1. The lowest BCUT2D eigenvalue weighted by molar-refractivity contribution is -0.139. The van der Waals surface area contributed by atoms with E-state index in [4.69, 9.17) is 5.11 Å². The van der Waals surface area contributed by atoms with Gasteiger partial charge in [0.15, 0.2) is 0 Å². The van der Waals surface area contributed by atoms with Crippen LogP contribution in [-0.4, -0.2) is 60.1 Å². The molecule has 2 rings (SSSR count). The van der Waals surface area contributed by atoms with E-state index in [2.05, 4.69) is 16.8 Å². The van der Waals surface area contributed by atoms with Gasteiger partial charge in [-0.3, -0.25) is 9.69 Å². The van der Waals surface area contributed by atoms with Crippen LogP contribution in [0.1, 0.15) is 12.8 Å². The summed E-state index contributed by atoms with van der Waals surface area (Å²) >= 11 is 0. The number of carbonyl (C=O) groups is 1. The van der Waals surface area contributed by atoms with Crippen molar-refractivity contribution in [3.8, 4) is 0 Å².